The summed E-state index contributed by atoms with van der Waals surface area (Å²) >= 11 is 5.43. The zero-order chi connectivity index (χ0) is 12.5. The molecular weight excluding hydrogens is 254 g/mol. The molecule has 0 spiro atoms. The maximum absolute atomic E-state index is 11.6. The predicted octanol–water partition coefficient (Wildman–Crippen LogP) is 2.97. The van der Waals surface area contributed by atoms with Crippen LogP contribution in [0.4, 0.5) is 0 Å². The monoisotopic (exact) mass is 275 g/mol. The average Bonchev–Trinajstić information content (AvgIpc) is 2.69. The van der Waals surface area contributed by atoms with Crippen LogP contribution in [0.1, 0.15) is 51.9 Å². The molecule has 1 rings (SSSR count). The Balaban J connectivity index is 1.98. The first-order valence-corrected chi connectivity index (χ1v) is 7.33. The van der Waals surface area contributed by atoms with Crippen LogP contribution in [0.2, 0.25) is 0 Å². The molecule has 1 amide bonds. The van der Waals surface area contributed by atoms with Crippen molar-refractivity contribution in [3.8, 4) is 0 Å². The lowest BCUT2D eigenvalue weighted by atomic mass is 10.1. The van der Waals surface area contributed by atoms with Gasteiger partial charge in [0.05, 0.1) is 0 Å². The third-order valence-electron chi connectivity index (χ3n) is 2.51. The summed E-state index contributed by atoms with van der Waals surface area (Å²) in [7, 11) is 0. The van der Waals surface area contributed by atoms with Crippen LogP contribution >= 0.6 is 24.8 Å². The molecule has 98 valence electrons. The van der Waals surface area contributed by atoms with E-state index in [-0.39, 0.29) is 5.91 Å². The predicted molar refractivity (Wildman–Crippen MR) is 75.8 cm³/mol. The molecule has 1 aliphatic rings. The van der Waals surface area contributed by atoms with Gasteiger partial charge in [-0.1, -0.05) is 51.8 Å². The number of unbranched alkanes of at least 4 members (excludes halogenated alkanes) is 5. The second-order valence-corrected chi connectivity index (χ2v) is 5.73. The maximum Gasteiger partial charge on any atom is 0.224 e. The van der Waals surface area contributed by atoms with Crippen molar-refractivity contribution in [2.45, 2.75) is 51.9 Å². The van der Waals surface area contributed by atoms with Gasteiger partial charge in [-0.25, -0.2) is 0 Å². The number of nitrogens with one attached hydrogen (secondary N) is 2. The largest absolute Gasteiger partial charge is 0.318 e. The summed E-state index contributed by atoms with van der Waals surface area (Å²) in [6.45, 7) is 2.21. The lowest BCUT2D eigenvalue weighted by Crippen LogP contribution is -2.20. The summed E-state index contributed by atoms with van der Waals surface area (Å²) < 4.78 is 1.54. The molecule has 0 saturated carbocycles. The van der Waals surface area contributed by atoms with E-state index in [1.54, 1.807) is 10.0 Å². The lowest BCUT2D eigenvalue weighted by molar-refractivity contribution is -0.120. The second kappa shape index (κ2) is 8.72. The molecule has 0 fully saturated rings. The van der Waals surface area contributed by atoms with Gasteiger partial charge in [-0.05, 0) is 6.42 Å². The van der Waals surface area contributed by atoms with Crippen molar-refractivity contribution >= 4 is 30.7 Å². The zero-order valence-corrected chi connectivity index (χ0v) is 11.9. The number of hydrogen-bond donors (Lipinski definition) is 3. The molecule has 0 aromatic carbocycles. The minimum atomic E-state index is 0.0877. The molecule has 6 heteroatoms. The number of rotatable bonds is 8. The van der Waals surface area contributed by atoms with E-state index in [1.165, 1.54) is 37.6 Å². The lowest BCUT2D eigenvalue weighted by Gasteiger charge is -2.06. The number of thiol groups is 1. The number of amides is 1. The van der Waals surface area contributed by atoms with Crippen molar-refractivity contribution < 1.29 is 4.79 Å². The third kappa shape index (κ3) is 6.85. The van der Waals surface area contributed by atoms with Gasteiger partial charge >= 0.3 is 0 Å². The van der Waals surface area contributed by atoms with E-state index in [1.807, 2.05) is 0 Å². The minimum absolute atomic E-state index is 0.0877. The highest BCUT2D eigenvalue weighted by atomic mass is 32.2. The molecule has 0 aromatic rings. The fourth-order valence-corrected chi connectivity index (χ4v) is 2.46. The van der Waals surface area contributed by atoms with Crippen molar-refractivity contribution in [1.82, 2.24) is 14.6 Å². The summed E-state index contributed by atoms with van der Waals surface area (Å²) in [5.74, 6) is 0.0877. The Hall–Kier alpha value is -0.330. The molecule has 1 aliphatic heterocycles. The van der Waals surface area contributed by atoms with Crippen molar-refractivity contribution in [2.75, 3.05) is 0 Å². The molecule has 0 aromatic heterocycles. The van der Waals surface area contributed by atoms with Crippen LogP contribution in [-0.4, -0.2) is 9.73 Å². The molecule has 0 bridgehead atoms. The second-order valence-electron chi connectivity index (χ2n) is 4.07. The topological polar surface area (TPSA) is 44.4 Å². The molecule has 0 aliphatic carbocycles. The highest BCUT2D eigenvalue weighted by molar-refractivity contribution is 8.08. The van der Waals surface area contributed by atoms with E-state index < -0.39 is 0 Å². The number of nitrogens with zero attached hydrogens (tertiary/aromatic N) is 1. The van der Waals surface area contributed by atoms with Gasteiger partial charge in [0.2, 0.25) is 5.91 Å². The number of carbonyl (C=O) groups is 1. The molecule has 0 radical (unpaired) electrons. The Morgan fingerprint density at radius 1 is 1.41 bits per heavy atom. The summed E-state index contributed by atoms with van der Waals surface area (Å²) in [6.07, 6.45) is 9.57. The van der Waals surface area contributed by atoms with E-state index in [0.29, 0.717) is 6.42 Å². The summed E-state index contributed by atoms with van der Waals surface area (Å²) in [4.78, 5) is 11.6. The number of carbonyl (C=O) groups excluding carboxylic acids is 1. The molecular formula is C11H21N3OS2. The summed E-state index contributed by atoms with van der Waals surface area (Å²) in [6, 6.07) is 0. The first-order chi connectivity index (χ1) is 8.22. The highest BCUT2D eigenvalue weighted by Gasteiger charge is 2.13. The Morgan fingerprint density at radius 3 is 2.76 bits per heavy atom. The highest BCUT2D eigenvalue weighted by Crippen LogP contribution is 2.23. The van der Waals surface area contributed by atoms with E-state index in [9.17, 15) is 4.79 Å². The van der Waals surface area contributed by atoms with Crippen LogP contribution in [-0.2, 0) is 4.79 Å². The van der Waals surface area contributed by atoms with Crippen molar-refractivity contribution in [3.63, 3.8) is 0 Å². The normalized spacial score (nSPS) is 15.5. The zero-order valence-electron chi connectivity index (χ0n) is 10.2. The number of hydrazine groups is 1. The molecule has 2 N–H and O–H groups in total. The van der Waals surface area contributed by atoms with E-state index in [4.69, 9.17) is 0 Å². The molecule has 4 nitrogen and oxygen atoms in total. The molecule has 17 heavy (non-hydrogen) atoms. The van der Waals surface area contributed by atoms with Gasteiger partial charge in [-0.3, -0.25) is 4.79 Å². The van der Waals surface area contributed by atoms with Gasteiger partial charge in [0.25, 0.3) is 0 Å². The Labute approximate surface area is 113 Å². The van der Waals surface area contributed by atoms with Crippen molar-refractivity contribution in [2.24, 2.45) is 0 Å². The van der Waals surface area contributed by atoms with E-state index in [0.717, 1.165) is 17.9 Å². The quantitative estimate of drug-likeness (QED) is 0.362. The van der Waals surface area contributed by atoms with Crippen molar-refractivity contribution in [1.29, 1.82) is 0 Å². The molecule has 0 unspecified atom stereocenters. The van der Waals surface area contributed by atoms with Crippen LogP contribution in [0, 0.1) is 0 Å². The van der Waals surface area contributed by atoms with E-state index >= 15 is 0 Å². The standard InChI is InChI=1S/C11H21N3OS2/c1-2-3-4-5-6-7-8-10(15)13-11-9-12-14(16)17-11/h9,12,16H,2-8H2,1H3,(H,13,15). The van der Waals surface area contributed by atoms with Crippen molar-refractivity contribution in [3.05, 3.63) is 11.2 Å². The smallest absolute Gasteiger partial charge is 0.224 e. The third-order valence-corrected chi connectivity index (χ3v) is 3.57. The summed E-state index contributed by atoms with van der Waals surface area (Å²) in [5.41, 5.74) is 2.85. The van der Waals surface area contributed by atoms with Gasteiger partial charge in [-0.2, -0.15) is 0 Å². The fraction of sp³-hybridized carbons (Fsp3) is 0.727. The van der Waals surface area contributed by atoms with Gasteiger partial charge in [0.15, 0.2) is 0 Å². The molecule has 0 saturated heterocycles. The first kappa shape index (κ1) is 14.7. The van der Waals surface area contributed by atoms with Crippen LogP contribution in [0.5, 0.6) is 0 Å². The van der Waals surface area contributed by atoms with Gasteiger partial charge in [0, 0.05) is 24.6 Å². The van der Waals surface area contributed by atoms with Gasteiger partial charge in [0.1, 0.15) is 5.03 Å². The minimum Gasteiger partial charge on any atom is -0.318 e. The Morgan fingerprint density at radius 2 is 2.12 bits per heavy atom. The molecule has 0 atom stereocenters. The first-order valence-electron chi connectivity index (χ1n) is 6.15. The van der Waals surface area contributed by atoms with Gasteiger partial charge < -0.3 is 10.7 Å². The molecule has 1 heterocycles. The van der Waals surface area contributed by atoms with Crippen LogP contribution in [0.3, 0.4) is 0 Å². The summed E-state index contributed by atoms with van der Waals surface area (Å²) in [5, 5.41) is 3.65. The van der Waals surface area contributed by atoms with Gasteiger partial charge in [-0.15, -0.1) is 3.82 Å². The number of hydrogen-bond acceptors (Lipinski definition) is 5. The van der Waals surface area contributed by atoms with Crippen LogP contribution < -0.4 is 10.7 Å². The Kier molecular flexibility index (Phi) is 7.55. The Bertz CT molecular complexity index is 271. The fourth-order valence-electron chi connectivity index (χ4n) is 1.58. The van der Waals surface area contributed by atoms with E-state index in [2.05, 4.69) is 30.5 Å². The maximum atomic E-state index is 11.6. The van der Waals surface area contributed by atoms with Crippen LogP contribution in [0.25, 0.3) is 0 Å². The van der Waals surface area contributed by atoms with Crippen LogP contribution in [0.15, 0.2) is 11.2 Å². The SMILES string of the molecule is CCCCCCCCC(=O)NC1=CNN(S)S1. The average molecular weight is 275 g/mol.